The van der Waals surface area contributed by atoms with E-state index in [1.165, 1.54) is 5.56 Å². The van der Waals surface area contributed by atoms with Crippen molar-refractivity contribution in [2.45, 2.75) is 26.3 Å². The van der Waals surface area contributed by atoms with Gasteiger partial charge in [0.05, 0.1) is 18.5 Å². The summed E-state index contributed by atoms with van der Waals surface area (Å²) in [5.41, 5.74) is 2.23. The number of pyridine rings is 1. The normalized spacial score (nSPS) is 11.9. The Morgan fingerprint density at radius 3 is 2.55 bits per heavy atom. The number of aromatic nitrogens is 1. The van der Waals surface area contributed by atoms with Gasteiger partial charge in [0, 0.05) is 6.04 Å². The fourth-order valence-corrected chi connectivity index (χ4v) is 2.10. The number of hydrogen-bond acceptors (Lipinski definition) is 3. The van der Waals surface area contributed by atoms with Crippen LogP contribution in [0.1, 0.15) is 31.9 Å². The van der Waals surface area contributed by atoms with E-state index in [9.17, 15) is 0 Å². The van der Waals surface area contributed by atoms with Gasteiger partial charge in [-0.1, -0.05) is 19.1 Å². The second kappa shape index (κ2) is 7.29. The van der Waals surface area contributed by atoms with Crippen LogP contribution in [0.4, 0.5) is 5.69 Å². The van der Waals surface area contributed by atoms with Gasteiger partial charge in [0.2, 0.25) is 0 Å². The molecule has 0 aliphatic rings. The Morgan fingerprint density at radius 1 is 1.20 bits per heavy atom. The standard InChI is InChI=1S/C16H19BrN2O/c1-3-10-20-15-7-4-13(5-8-15)12(2)19-14-6-9-16(17)18-11-14/h4-9,11-12,19H,3,10H2,1-2H3. The average molecular weight is 335 g/mol. The van der Waals surface area contributed by atoms with E-state index in [0.717, 1.165) is 29.1 Å². The molecule has 1 aromatic carbocycles. The van der Waals surface area contributed by atoms with Crippen molar-refractivity contribution in [2.24, 2.45) is 0 Å². The Hall–Kier alpha value is -1.55. The Balaban J connectivity index is 1.98. The molecular weight excluding hydrogens is 316 g/mol. The largest absolute Gasteiger partial charge is 0.494 e. The number of halogens is 1. The molecule has 0 aliphatic carbocycles. The van der Waals surface area contributed by atoms with Crippen LogP contribution in [0, 0.1) is 0 Å². The van der Waals surface area contributed by atoms with E-state index in [2.05, 4.69) is 52.2 Å². The number of hydrogen-bond donors (Lipinski definition) is 1. The molecule has 106 valence electrons. The Kier molecular flexibility index (Phi) is 5.41. The SMILES string of the molecule is CCCOc1ccc(C(C)Nc2ccc(Br)nc2)cc1. The van der Waals surface area contributed by atoms with E-state index in [-0.39, 0.29) is 6.04 Å². The van der Waals surface area contributed by atoms with Gasteiger partial charge in [0.1, 0.15) is 10.4 Å². The van der Waals surface area contributed by atoms with Crippen molar-refractivity contribution in [2.75, 3.05) is 11.9 Å². The van der Waals surface area contributed by atoms with Crippen LogP contribution in [0.15, 0.2) is 47.2 Å². The van der Waals surface area contributed by atoms with Crippen molar-refractivity contribution in [3.05, 3.63) is 52.8 Å². The van der Waals surface area contributed by atoms with Gasteiger partial charge < -0.3 is 10.1 Å². The van der Waals surface area contributed by atoms with E-state index >= 15 is 0 Å². The lowest BCUT2D eigenvalue weighted by Crippen LogP contribution is -2.06. The van der Waals surface area contributed by atoms with Crippen LogP contribution >= 0.6 is 15.9 Å². The second-order valence-electron chi connectivity index (χ2n) is 4.65. The maximum atomic E-state index is 5.59. The molecule has 0 bridgehead atoms. The van der Waals surface area contributed by atoms with Crippen LogP contribution in [0.3, 0.4) is 0 Å². The Morgan fingerprint density at radius 2 is 1.95 bits per heavy atom. The molecule has 4 heteroatoms. The third-order valence-electron chi connectivity index (χ3n) is 2.96. The highest BCUT2D eigenvalue weighted by molar-refractivity contribution is 9.10. The van der Waals surface area contributed by atoms with Gasteiger partial charge in [-0.3, -0.25) is 0 Å². The zero-order valence-electron chi connectivity index (χ0n) is 11.8. The van der Waals surface area contributed by atoms with Gasteiger partial charge in [-0.15, -0.1) is 0 Å². The van der Waals surface area contributed by atoms with Crippen LogP contribution in [0.2, 0.25) is 0 Å². The Bertz CT molecular complexity index is 525. The number of benzene rings is 1. The van der Waals surface area contributed by atoms with Crippen LogP contribution in [-0.2, 0) is 0 Å². The van der Waals surface area contributed by atoms with E-state index < -0.39 is 0 Å². The molecule has 0 saturated carbocycles. The van der Waals surface area contributed by atoms with Gasteiger partial charge in [-0.05, 0) is 59.1 Å². The lowest BCUT2D eigenvalue weighted by atomic mass is 10.1. The number of nitrogens with one attached hydrogen (secondary N) is 1. The molecule has 0 spiro atoms. The summed E-state index contributed by atoms with van der Waals surface area (Å²) in [6.07, 6.45) is 2.84. The van der Waals surface area contributed by atoms with Crippen molar-refractivity contribution in [1.29, 1.82) is 0 Å². The molecule has 1 aromatic heterocycles. The summed E-state index contributed by atoms with van der Waals surface area (Å²) >= 11 is 3.33. The first kappa shape index (κ1) is 14.9. The summed E-state index contributed by atoms with van der Waals surface area (Å²) in [6.45, 7) is 4.99. The van der Waals surface area contributed by atoms with E-state index in [1.54, 1.807) is 0 Å². The molecule has 1 heterocycles. The highest BCUT2D eigenvalue weighted by Gasteiger charge is 2.05. The van der Waals surface area contributed by atoms with E-state index in [1.807, 2.05) is 30.5 Å². The van der Waals surface area contributed by atoms with Crippen molar-refractivity contribution in [1.82, 2.24) is 4.98 Å². The van der Waals surface area contributed by atoms with E-state index in [4.69, 9.17) is 4.74 Å². The molecule has 1 atom stereocenters. The molecule has 1 N–H and O–H groups in total. The molecule has 0 radical (unpaired) electrons. The average Bonchev–Trinajstić information content (AvgIpc) is 2.48. The minimum Gasteiger partial charge on any atom is -0.494 e. The third kappa shape index (κ3) is 4.23. The molecule has 2 rings (SSSR count). The first-order valence-electron chi connectivity index (χ1n) is 6.80. The number of nitrogens with zero attached hydrogens (tertiary/aromatic N) is 1. The number of ether oxygens (including phenoxy) is 1. The lowest BCUT2D eigenvalue weighted by Gasteiger charge is -2.16. The topological polar surface area (TPSA) is 34.1 Å². The fraction of sp³-hybridized carbons (Fsp3) is 0.312. The first-order valence-corrected chi connectivity index (χ1v) is 7.59. The monoisotopic (exact) mass is 334 g/mol. The summed E-state index contributed by atoms with van der Waals surface area (Å²) in [7, 11) is 0. The van der Waals surface area contributed by atoms with Gasteiger partial charge >= 0.3 is 0 Å². The highest BCUT2D eigenvalue weighted by Crippen LogP contribution is 2.22. The Labute approximate surface area is 128 Å². The summed E-state index contributed by atoms with van der Waals surface area (Å²) in [5.74, 6) is 0.924. The molecule has 0 amide bonds. The predicted octanol–water partition coefficient (Wildman–Crippen LogP) is 4.81. The minimum atomic E-state index is 0.221. The van der Waals surface area contributed by atoms with Crippen molar-refractivity contribution in [3.63, 3.8) is 0 Å². The second-order valence-corrected chi connectivity index (χ2v) is 5.47. The predicted molar refractivity (Wildman–Crippen MR) is 86.2 cm³/mol. The van der Waals surface area contributed by atoms with Crippen molar-refractivity contribution >= 4 is 21.6 Å². The lowest BCUT2D eigenvalue weighted by molar-refractivity contribution is 0.317. The zero-order valence-corrected chi connectivity index (χ0v) is 13.4. The first-order chi connectivity index (χ1) is 9.69. The van der Waals surface area contributed by atoms with Crippen LogP contribution in [-0.4, -0.2) is 11.6 Å². The fourth-order valence-electron chi connectivity index (χ4n) is 1.87. The zero-order chi connectivity index (χ0) is 14.4. The smallest absolute Gasteiger partial charge is 0.119 e. The van der Waals surface area contributed by atoms with Gasteiger partial charge in [0.25, 0.3) is 0 Å². The molecule has 3 nitrogen and oxygen atoms in total. The molecule has 20 heavy (non-hydrogen) atoms. The highest BCUT2D eigenvalue weighted by atomic mass is 79.9. The maximum absolute atomic E-state index is 5.59. The summed E-state index contributed by atoms with van der Waals surface area (Å²) in [5, 5.41) is 3.42. The van der Waals surface area contributed by atoms with Crippen molar-refractivity contribution < 1.29 is 4.74 Å². The van der Waals surface area contributed by atoms with Gasteiger partial charge in [-0.25, -0.2) is 4.98 Å². The number of anilines is 1. The van der Waals surface area contributed by atoms with Crippen LogP contribution in [0.5, 0.6) is 5.75 Å². The summed E-state index contributed by atoms with van der Waals surface area (Å²) in [4.78, 5) is 4.21. The van der Waals surface area contributed by atoms with E-state index in [0.29, 0.717) is 0 Å². The van der Waals surface area contributed by atoms with Gasteiger partial charge in [-0.2, -0.15) is 0 Å². The summed E-state index contributed by atoms with van der Waals surface area (Å²) in [6, 6.07) is 12.4. The molecular formula is C16H19BrN2O. The van der Waals surface area contributed by atoms with Crippen molar-refractivity contribution in [3.8, 4) is 5.75 Å². The molecule has 1 unspecified atom stereocenters. The third-order valence-corrected chi connectivity index (χ3v) is 3.43. The minimum absolute atomic E-state index is 0.221. The summed E-state index contributed by atoms with van der Waals surface area (Å²) < 4.78 is 6.43. The molecule has 0 saturated heterocycles. The molecule has 0 fully saturated rings. The quantitative estimate of drug-likeness (QED) is 0.770. The molecule has 2 aromatic rings. The van der Waals surface area contributed by atoms with Gasteiger partial charge in [0.15, 0.2) is 0 Å². The maximum Gasteiger partial charge on any atom is 0.119 e. The van der Waals surface area contributed by atoms with Crippen LogP contribution in [0.25, 0.3) is 0 Å². The number of rotatable bonds is 6. The molecule has 0 aliphatic heterocycles. The van der Waals surface area contributed by atoms with Crippen LogP contribution < -0.4 is 10.1 Å².